The van der Waals surface area contributed by atoms with E-state index in [1.54, 1.807) is 6.08 Å². The number of hydrogen-bond donors (Lipinski definition) is 3. The second-order valence-corrected chi connectivity index (χ2v) is 7.28. The zero-order valence-corrected chi connectivity index (χ0v) is 17.0. The summed E-state index contributed by atoms with van der Waals surface area (Å²) < 4.78 is 13.0. The van der Waals surface area contributed by atoms with Gasteiger partial charge in [0.1, 0.15) is 11.9 Å². The van der Waals surface area contributed by atoms with Crippen molar-refractivity contribution in [1.82, 2.24) is 16.2 Å². The third kappa shape index (κ3) is 4.73. The van der Waals surface area contributed by atoms with Gasteiger partial charge in [-0.2, -0.15) is 0 Å². The standard InChI is InChI=1S/C25H20FN3O3/c26-19-12-10-17(11-13-19)24(31)28-29-25(32)27-22-15-21(16-6-2-1-3-7-16)20-9-5-4-8-18(20)14-23(22)30/h1-13,15,22H,14H2,(H,28,31)(H2,27,29,32)/t22-/m0/s1. The van der Waals surface area contributed by atoms with Crippen LogP contribution in [-0.2, 0) is 11.2 Å². The van der Waals surface area contributed by atoms with E-state index in [2.05, 4.69) is 16.2 Å². The monoisotopic (exact) mass is 429 g/mol. The number of urea groups is 1. The summed E-state index contributed by atoms with van der Waals surface area (Å²) in [4.78, 5) is 37.4. The Morgan fingerprint density at radius 1 is 0.844 bits per heavy atom. The first-order valence-corrected chi connectivity index (χ1v) is 10.0. The second kappa shape index (κ2) is 9.26. The molecule has 3 aromatic carbocycles. The van der Waals surface area contributed by atoms with E-state index in [0.29, 0.717) is 0 Å². The van der Waals surface area contributed by atoms with E-state index in [1.807, 2.05) is 54.6 Å². The van der Waals surface area contributed by atoms with E-state index in [9.17, 15) is 18.8 Å². The minimum atomic E-state index is -0.889. The van der Waals surface area contributed by atoms with Gasteiger partial charge in [-0.25, -0.2) is 14.6 Å². The van der Waals surface area contributed by atoms with Crippen molar-refractivity contribution in [2.45, 2.75) is 12.5 Å². The minimum absolute atomic E-state index is 0.163. The van der Waals surface area contributed by atoms with E-state index in [-0.39, 0.29) is 17.8 Å². The molecular formula is C25H20FN3O3. The Balaban J connectivity index is 1.51. The van der Waals surface area contributed by atoms with E-state index in [1.165, 1.54) is 12.1 Å². The number of nitrogens with one attached hydrogen (secondary N) is 3. The Morgan fingerprint density at radius 2 is 1.53 bits per heavy atom. The molecule has 0 aliphatic heterocycles. The van der Waals surface area contributed by atoms with Crippen LogP contribution in [0.4, 0.5) is 9.18 Å². The summed E-state index contributed by atoms with van der Waals surface area (Å²) in [6, 6.07) is 20.5. The first-order valence-electron chi connectivity index (χ1n) is 10.0. The third-order valence-corrected chi connectivity index (χ3v) is 5.12. The minimum Gasteiger partial charge on any atom is -0.323 e. The maximum atomic E-state index is 13.0. The smallest absolute Gasteiger partial charge is 0.323 e. The van der Waals surface area contributed by atoms with Crippen LogP contribution in [0, 0.1) is 5.82 Å². The van der Waals surface area contributed by atoms with E-state index >= 15 is 0 Å². The largest absolute Gasteiger partial charge is 0.334 e. The highest BCUT2D eigenvalue weighted by molar-refractivity contribution is 5.99. The Labute approximate surface area is 184 Å². The van der Waals surface area contributed by atoms with Crippen LogP contribution in [0.25, 0.3) is 5.57 Å². The summed E-state index contributed by atoms with van der Waals surface area (Å²) in [5.74, 6) is -1.26. The zero-order valence-electron chi connectivity index (χ0n) is 17.0. The van der Waals surface area contributed by atoms with Gasteiger partial charge in [-0.3, -0.25) is 15.0 Å². The van der Waals surface area contributed by atoms with Gasteiger partial charge in [0.2, 0.25) is 0 Å². The number of Topliss-reactive ketones (excluding diaryl/α,β-unsaturated/α-hetero) is 1. The molecule has 1 aliphatic rings. The number of fused-ring (bicyclic) bond motifs is 1. The SMILES string of the molecule is O=C(NNC(=O)c1ccc(F)cc1)N[C@H]1C=C(c2ccccc2)c2ccccc2CC1=O. The number of benzene rings is 3. The summed E-state index contributed by atoms with van der Waals surface area (Å²) in [7, 11) is 0. The first-order chi connectivity index (χ1) is 15.5. The van der Waals surface area contributed by atoms with Crippen LogP contribution < -0.4 is 16.2 Å². The molecule has 7 heteroatoms. The molecule has 160 valence electrons. The molecule has 6 nitrogen and oxygen atoms in total. The zero-order chi connectivity index (χ0) is 22.5. The average molecular weight is 429 g/mol. The lowest BCUT2D eigenvalue weighted by molar-refractivity contribution is -0.119. The number of amides is 3. The molecule has 0 spiro atoms. The highest BCUT2D eigenvalue weighted by Crippen LogP contribution is 2.30. The van der Waals surface area contributed by atoms with Gasteiger partial charge < -0.3 is 5.32 Å². The lowest BCUT2D eigenvalue weighted by atomic mass is 9.94. The number of carbonyl (C=O) groups is 3. The number of halogens is 1. The van der Waals surface area contributed by atoms with Gasteiger partial charge in [-0.05, 0) is 52.6 Å². The van der Waals surface area contributed by atoms with Crippen LogP contribution in [0.1, 0.15) is 27.0 Å². The predicted molar refractivity (Wildman–Crippen MR) is 118 cm³/mol. The van der Waals surface area contributed by atoms with E-state index in [0.717, 1.165) is 34.4 Å². The van der Waals surface area contributed by atoms with Gasteiger partial charge in [0.15, 0.2) is 5.78 Å². The van der Waals surface area contributed by atoms with Crippen molar-refractivity contribution in [3.8, 4) is 0 Å². The van der Waals surface area contributed by atoms with Crippen LogP contribution >= 0.6 is 0 Å². The van der Waals surface area contributed by atoms with Gasteiger partial charge in [0, 0.05) is 12.0 Å². The first kappa shape index (κ1) is 21.0. The third-order valence-electron chi connectivity index (χ3n) is 5.12. The average Bonchev–Trinajstić information content (AvgIpc) is 2.95. The topological polar surface area (TPSA) is 87.3 Å². The molecule has 3 amide bonds. The van der Waals surface area contributed by atoms with Gasteiger partial charge in [0.05, 0.1) is 0 Å². The molecule has 1 atom stereocenters. The number of hydrogen-bond acceptors (Lipinski definition) is 3. The molecule has 0 saturated carbocycles. The molecule has 0 fully saturated rings. The van der Waals surface area contributed by atoms with E-state index in [4.69, 9.17) is 0 Å². The summed E-state index contributed by atoms with van der Waals surface area (Å²) in [5.41, 5.74) is 8.23. The van der Waals surface area contributed by atoms with Crippen molar-refractivity contribution in [3.63, 3.8) is 0 Å². The quantitative estimate of drug-likeness (QED) is 0.558. The summed E-state index contributed by atoms with van der Waals surface area (Å²) in [5, 5.41) is 2.61. The van der Waals surface area contributed by atoms with Crippen molar-refractivity contribution in [2.75, 3.05) is 0 Å². The van der Waals surface area contributed by atoms with Crippen molar-refractivity contribution in [3.05, 3.63) is 113 Å². The Kier molecular flexibility index (Phi) is 6.07. The van der Waals surface area contributed by atoms with Gasteiger partial charge in [-0.1, -0.05) is 54.6 Å². The van der Waals surface area contributed by atoms with Gasteiger partial charge in [0.25, 0.3) is 5.91 Å². The maximum absolute atomic E-state index is 13.0. The molecule has 4 rings (SSSR count). The normalized spacial score (nSPS) is 15.1. The van der Waals surface area contributed by atoms with E-state index < -0.39 is 23.8 Å². The molecule has 0 aromatic heterocycles. The Bertz CT molecular complexity index is 1190. The molecule has 0 heterocycles. The molecule has 0 bridgehead atoms. The Hall–Kier alpha value is -4.26. The molecule has 0 saturated heterocycles. The number of rotatable bonds is 3. The molecule has 0 radical (unpaired) electrons. The van der Waals surface area contributed by atoms with Crippen molar-refractivity contribution >= 4 is 23.3 Å². The number of carbonyl (C=O) groups excluding carboxylic acids is 3. The van der Waals surface area contributed by atoms with Crippen LogP contribution in [0.2, 0.25) is 0 Å². The predicted octanol–water partition coefficient (Wildman–Crippen LogP) is 3.40. The van der Waals surface area contributed by atoms with Crippen LogP contribution in [0.3, 0.4) is 0 Å². The maximum Gasteiger partial charge on any atom is 0.334 e. The lowest BCUT2D eigenvalue weighted by Gasteiger charge is -2.15. The van der Waals surface area contributed by atoms with Crippen molar-refractivity contribution in [2.24, 2.45) is 0 Å². The lowest BCUT2D eigenvalue weighted by Crippen LogP contribution is -2.51. The van der Waals surface area contributed by atoms with Crippen LogP contribution in [0.15, 0.2) is 84.9 Å². The Morgan fingerprint density at radius 3 is 2.28 bits per heavy atom. The molecule has 3 N–H and O–H groups in total. The molecule has 0 unspecified atom stereocenters. The summed E-state index contributed by atoms with van der Waals surface area (Å²) in [6.45, 7) is 0. The number of hydrazine groups is 1. The molecular weight excluding hydrogens is 409 g/mol. The molecule has 1 aliphatic carbocycles. The molecule has 32 heavy (non-hydrogen) atoms. The summed E-state index contributed by atoms with van der Waals surface area (Å²) in [6.07, 6.45) is 1.89. The fourth-order valence-electron chi connectivity index (χ4n) is 3.54. The van der Waals surface area contributed by atoms with Gasteiger partial charge >= 0.3 is 6.03 Å². The second-order valence-electron chi connectivity index (χ2n) is 7.28. The number of ketones is 1. The van der Waals surface area contributed by atoms with Crippen LogP contribution in [-0.4, -0.2) is 23.8 Å². The van der Waals surface area contributed by atoms with Crippen LogP contribution in [0.5, 0.6) is 0 Å². The fraction of sp³-hybridized carbons (Fsp3) is 0.0800. The summed E-state index contributed by atoms with van der Waals surface area (Å²) >= 11 is 0. The fourth-order valence-corrected chi connectivity index (χ4v) is 3.54. The highest BCUT2D eigenvalue weighted by Gasteiger charge is 2.25. The van der Waals surface area contributed by atoms with Crippen molar-refractivity contribution in [1.29, 1.82) is 0 Å². The molecule has 3 aromatic rings. The van der Waals surface area contributed by atoms with Crippen molar-refractivity contribution < 1.29 is 18.8 Å². The highest BCUT2D eigenvalue weighted by atomic mass is 19.1. The van der Waals surface area contributed by atoms with Gasteiger partial charge in [-0.15, -0.1) is 0 Å².